The highest BCUT2D eigenvalue weighted by atomic mass is 15.3. The van der Waals surface area contributed by atoms with Gasteiger partial charge in [0.2, 0.25) is 0 Å². The first-order valence-corrected chi connectivity index (χ1v) is 23.0. The molecule has 0 radical (unpaired) electrons. The number of aliphatic imine (C=N–C) groups is 1. The molecule has 0 saturated carbocycles. The molecule has 4 heterocycles. The summed E-state index contributed by atoms with van der Waals surface area (Å²) in [7, 11) is 0. The van der Waals surface area contributed by atoms with E-state index in [1.165, 1.54) is 44.8 Å². The van der Waals surface area contributed by atoms with Crippen LogP contribution < -0.4 is 36.4 Å². The van der Waals surface area contributed by atoms with Crippen LogP contribution in [0.2, 0.25) is 0 Å². The van der Waals surface area contributed by atoms with E-state index in [0.717, 1.165) is 51.8 Å². The van der Waals surface area contributed by atoms with Gasteiger partial charge < -0.3 is 36.4 Å². The molecule has 0 amide bonds. The van der Waals surface area contributed by atoms with Gasteiger partial charge in [0.05, 0.1) is 57.9 Å². The topological polar surface area (TPSA) is 79.0 Å². The van der Waals surface area contributed by atoms with E-state index < -0.39 is 0 Å². The standard InChI is InChI=1S/C57H50N8/c1-57(2)43-31-53-49(62-55(64(53)39-19-5-3-6-20-39)37-17-13-15-35(27-37)51-33-58-45-23-9-11-25-47(45)60-51)29-41(43)42-30-50-54(32-44(42)57)65(40-21-7-4-8-22-40)56(63-50)38-18-14-16-36(28-38)52-34-59-46-24-10-12-26-48(46)61-52/h3-15,17-34,36,45,47,52,55-56,58,60-63H,16H2,1-2H3. The van der Waals surface area contributed by atoms with E-state index in [9.17, 15) is 0 Å². The van der Waals surface area contributed by atoms with Crippen molar-refractivity contribution < 1.29 is 0 Å². The van der Waals surface area contributed by atoms with Crippen molar-refractivity contribution in [3.05, 3.63) is 210 Å². The lowest BCUT2D eigenvalue weighted by Gasteiger charge is -2.33. The van der Waals surface area contributed by atoms with Gasteiger partial charge in [-0.25, -0.2) is 0 Å². The van der Waals surface area contributed by atoms with Crippen LogP contribution in [-0.4, -0.2) is 30.5 Å². The molecule has 318 valence electrons. The van der Waals surface area contributed by atoms with E-state index in [1.54, 1.807) is 0 Å². The van der Waals surface area contributed by atoms with Crippen molar-refractivity contribution in [3.8, 4) is 11.1 Å². The predicted molar refractivity (Wildman–Crippen MR) is 269 cm³/mol. The van der Waals surface area contributed by atoms with Crippen molar-refractivity contribution in [2.75, 3.05) is 25.8 Å². The molecule has 7 aliphatic rings. The Labute approximate surface area is 380 Å². The zero-order chi connectivity index (χ0) is 43.2. The van der Waals surface area contributed by atoms with Crippen molar-refractivity contribution in [1.82, 2.24) is 10.6 Å². The van der Waals surface area contributed by atoms with Crippen LogP contribution in [0.15, 0.2) is 193 Å². The summed E-state index contributed by atoms with van der Waals surface area (Å²) in [6.07, 6.45) is 20.8. The SMILES string of the molecule is CC1(C)c2cc3c(cc2-c2cc4c(cc21)N(c1ccccc1)C(c1cccc(C2=CNC5C=CC=CC5N2)c1)N4)NC(C1=CC(C2C=Nc4ccccc4N2)CC=C1)N3c1ccccc1. The molecular weight excluding hydrogens is 797 g/mol. The molecule has 6 unspecified atom stereocenters. The molecule has 3 aliphatic carbocycles. The quantitative estimate of drug-likeness (QED) is 0.114. The van der Waals surface area contributed by atoms with Crippen molar-refractivity contribution in [3.63, 3.8) is 0 Å². The molecule has 65 heavy (non-hydrogen) atoms. The van der Waals surface area contributed by atoms with Gasteiger partial charge in [0.25, 0.3) is 0 Å². The van der Waals surface area contributed by atoms with E-state index in [2.05, 4.69) is 233 Å². The molecule has 0 fully saturated rings. The number of para-hydroxylation sites is 4. The maximum Gasteiger partial charge on any atom is 0.130 e. The Bertz CT molecular complexity index is 3090. The Kier molecular flexibility index (Phi) is 8.54. The minimum absolute atomic E-state index is 0.0743. The summed E-state index contributed by atoms with van der Waals surface area (Å²) >= 11 is 0. The molecule has 0 aromatic heterocycles. The highest BCUT2D eigenvalue weighted by Gasteiger charge is 2.43. The first kappa shape index (κ1) is 37.8. The Balaban J connectivity index is 0.865. The third kappa shape index (κ3) is 6.15. The van der Waals surface area contributed by atoms with Crippen LogP contribution in [0.5, 0.6) is 0 Å². The minimum atomic E-state index is -0.250. The lowest BCUT2D eigenvalue weighted by molar-refractivity contribution is 0.544. The molecular formula is C57H50N8. The monoisotopic (exact) mass is 846 g/mol. The summed E-state index contributed by atoms with van der Waals surface area (Å²) in [5.41, 5.74) is 18.8. The second-order valence-corrected chi connectivity index (χ2v) is 18.7. The van der Waals surface area contributed by atoms with Crippen molar-refractivity contribution in [1.29, 1.82) is 0 Å². The minimum Gasteiger partial charge on any atom is -0.381 e. The smallest absolute Gasteiger partial charge is 0.130 e. The maximum absolute atomic E-state index is 4.84. The zero-order valence-electron chi connectivity index (χ0n) is 36.4. The molecule has 6 aromatic carbocycles. The fraction of sp³-hybridized carbons (Fsp3) is 0.175. The van der Waals surface area contributed by atoms with Gasteiger partial charge in [0.15, 0.2) is 0 Å². The van der Waals surface area contributed by atoms with Gasteiger partial charge in [-0.1, -0.05) is 123 Å². The average Bonchev–Trinajstić information content (AvgIpc) is 4.00. The summed E-state index contributed by atoms with van der Waals surface area (Å²) in [5, 5.41) is 19.2. The van der Waals surface area contributed by atoms with Crippen LogP contribution in [0.25, 0.3) is 16.8 Å². The summed E-state index contributed by atoms with van der Waals surface area (Å²) in [5.74, 6) is 0.264. The van der Waals surface area contributed by atoms with Crippen LogP contribution in [0.3, 0.4) is 0 Å². The molecule has 5 N–H and O–H groups in total. The average molecular weight is 847 g/mol. The van der Waals surface area contributed by atoms with E-state index >= 15 is 0 Å². The molecule has 8 heteroatoms. The molecule has 0 spiro atoms. The number of benzene rings is 6. The predicted octanol–water partition coefficient (Wildman–Crippen LogP) is 12.2. The fourth-order valence-corrected chi connectivity index (χ4v) is 11.2. The van der Waals surface area contributed by atoms with Gasteiger partial charge in [-0.3, -0.25) is 4.99 Å². The number of rotatable bonds is 6. The molecule has 6 aromatic rings. The number of allylic oxidation sites excluding steroid dienone is 3. The van der Waals surface area contributed by atoms with Crippen LogP contribution in [0.4, 0.5) is 45.5 Å². The third-order valence-corrected chi connectivity index (χ3v) is 14.5. The van der Waals surface area contributed by atoms with Gasteiger partial charge in [-0.2, -0.15) is 0 Å². The van der Waals surface area contributed by atoms with Gasteiger partial charge in [0, 0.05) is 35.1 Å². The lowest BCUT2D eigenvalue weighted by atomic mass is 9.82. The first-order valence-electron chi connectivity index (χ1n) is 23.0. The van der Waals surface area contributed by atoms with Gasteiger partial charge >= 0.3 is 0 Å². The van der Waals surface area contributed by atoms with Crippen LogP contribution in [-0.2, 0) is 5.41 Å². The molecule has 0 bridgehead atoms. The lowest BCUT2D eigenvalue weighted by Crippen LogP contribution is -2.48. The Morgan fingerprint density at radius 3 is 2.00 bits per heavy atom. The zero-order valence-corrected chi connectivity index (χ0v) is 36.4. The van der Waals surface area contributed by atoms with Gasteiger partial charge in [-0.15, -0.1) is 0 Å². The Morgan fingerprint density at radius 1 is 0.600 bits per heavy atom. The second kappa shape index (κ2) is 14.7. The van der Waals surface area contributed by atoms with Crippen LogP contribution in [0.1, 0.15) is 48.7 Å². The normalized spacial score (nSPS) is 24.4. The summed E-state index contributed by atoms with van der Waals surface area (Å²) in [6.45, 7) is 4.79. The molecule has 6 atom stereocenters. The Hall–Kier alpha value is -7.71. The van der Waals surface area contributed by atoms with Gasteiger partial charge in [-0.05, 0) is 112 Å². The maximum atomic E-state index is 4.84. The summed E-state index contributed by atoms with van der Waals surface area (Å²) < 4.78 is 0. The van der Waals surface area contributed by atoms with Gasteiger partial charge in [0.1, 0.15) is 12.3 Å². The molecule has 4 aliphatic heterocycles. The number of hydrogen-bond donors (Lipinski definition) is 5. The molecule has 13 rings (SSSR count). The van der Waals surface area contributed by atoms with E-state index in [-0.39, 0.29) is 41.8 Å². The van der Waals surface area contributed by atoms with Crippen molar-refractivity contribution in [2.24, 2.45) is 10.9 Å². The van der Waals surface area contributed by atoms with Crippen LogP contribution in [0, 0.1) is 5.92 Å². The summed E-state index contributed by atoms with van der Waals surface area (Å²) in [4.78, 5) is 9.82. The van der Waals surface area contributed by atoms with E-state index in [1.807, 2.05) is 6.07 Å². The fourth-order valence-electron chi connectivity index (χ4n) is 11.2. The number of fused-ring (bicyclic) bond motifs is 7. The number of anilines is 7. The molecule has 0 saturated heterocycles. The summed E-state index contributed by atoms with van der Waals surface area (Å²) in [6, 6.07) is 49.3. The van der Waals surface area contributed by atoms with Crippen molar-refractivity contribution in [2.45, 2.75) is 56.1 Å². The Morgan fingerprint density at radius 2 is 1.26 bits per heavy atom. The molecule has 8 nitrogen and oxygen atoms in total. The largest absolute Gasteiger partial charge is 0.381 e. The van der Waals surface area contributed by atoms with E-state index in [4.69, 9.17) is 4.99 Å². The number of hydrogen-bond acceptors (Lipinski definition) is 8. The number of nitrogens with one attached hydrogen (secondary N) is 5. The van der Waals surface area contributed by atoms with Crippen molar-refractivity contribution >= 4 is 57.4 Å². The third-order valence-electron chi connectivity index (χ3n) is 14.5. The van der Waals surface area contributed by atoms with Crippen LogP contribution >= 0.6 is 0 Å². The number of nitrogens with zero attached hydrogens (tertiary/aromatic N) is 3. The second-order valence-electron chi connectivity index (χ2n) is 18.7. The first-order chi connectivity index (χ1) is 31.9. The van der Waals surface area contributed by atoms with E-state index in [0.29, 0.717) is 0 Å². The highest BCUT2D eigenvalue weighted by molar-refractivity contribution is 5.97. The highest BCUT2D eigenvalue weighted by Crippen LogP contribution is 2.58.